The molecule has 0 aliphatic carbocycles. The molecule has 360 valence electrons. The minimum absolute atomic E-state index is 0.0463. The standard InChI is InChI=1S/C52H100N2O7/c1-3-5-7-9-11-13-15-17-25-33-47-60-50(49-56)37-27-19-22-30-42-54(45-36-46-55)44-35-43-53(40-31-23-20-28-38-51(57)58)41-32-24-21-29-39-52(59)61-48-34-26-18-16-14-12-10-8-6-4-2/h55H,3-48H2,1-2H3,(H,57,58). The average molecular weight is 865 g/mol. The Morgan fingerprint density at radius 2 is 0.754 bits per heavy atom. The summed E-state index contributed by atoms with van der Waals surface area (Å²) >= 11 is 0. The van der Waals surface area contributed by atoms with Crippen molar-refractivity contribution >= 4 is 17.9 Å². The maximum absolute atomic E-state index is 12.3. The number of nitrogens with zero attached hydrogens (tertiary/aromatic N) is 2. The molecule has 0 rings (SSSR count). The second-order valence-electron chi connectivity index (χ2n) is 18.0. The molecular formula is C52H100N2O7. The zero-order valence-corrected chi connectivity index (χ0v) is 40.4. The van der Waals surface area contributed by atoms with Gasteiger partial charge in [0.1, 0.15) is 0 Å². The minimum atomic E-state index is -0.710. The maximum Gasteiger partial charge on any atom is 0.305 e. The first-order valence-electron chi connectivity index (χ1n) is 26.3. The molecule has 0 unspecified atom stereocenters. The SMILES string of the molecule is CCCCCCCCCCCCOC(=O)CCCCCCN(CCCCCCC(=O)O)CCCN(CCCO)CCCCCCC(=C=O)OCCCCCCCCCCCC. The Bertz CT molecular complexity index is 989. The molecule has 9 heteroatoms. The molecule has 2 N–H and O–H groups in total. The van der Waals surface area contributed by atoms with E-state index in [0.717, 1.165) is 148 Å². The van der Waals surface area contributed by atoms with Crippen LogP contribution < -0.4 is 0 Å². The Kier molecular flexibility index (Phi) is 47.5. The van der Waals surface area contributed by atoms with E-state index in [1.54, 1.807) is 0 Å². The van der Waals surface area contributed by atoms with E-state index < -0.39 is 5.97 Å². The second kappa shape index (κ2) is 49.1. The molecule has 0 bridgehead atoms. The monoisotopic (exact) mass is 865 g/mol. The summed E-state index contributed by atoms with van der Waals surface area (Å²) in [6.07, 6.45) is 41.2. The number of hydrogen-bond donors (Lipinski definition) is 2. The van der Waals surface area contributed by atoms with E-state index in [-0.39, 0.29) is 19.0 Å². The molecule has 0 aromatic heterocycles. The van der Waals surface area contributed by atoms with Gasteiger partial charge in [-0.2, -0.15) is 0 Å². The van der Waals surface area contributed by atoms with Crippen LogP contribution in [-0.4, -0.2) is 97.0 Å². The number of carboxylic acids is 1. The van der Waals surface area contributed by atoms with Crippen LogP contribution in [0, 0.1) is 0 Å². The summed E-state index contributed by atoms with van der Waals surface area (Å²) < 4.78 is 11.3. The fourth-order valence-corrected chi connectivity index (χ4v) is 8.17. The van der Waals surface area contributed by atoms with Crippen LogP contribution in [0.25, 0.3) is 0 Å². The first-order chi connectivity index (χ1) is 30.0. The highest BCUT2D eigenvalue weighted by Gasteiger charge is 2.10. The summed E-state index contributed by atoms with van der Waals surface area (Å²) in [4.78, 5) is 39.7. The van der Waals surface area contributed by atoms with E-state index in [1.807, 2.05) is 5.94 Å². The lowest BCUT2D eigenvalue weighted by molar-refractivity contribution is -0.144. The number of rotatable bonds is 51. The number of hydrogen-bond acceptors (Lipinski definition) is 8. The van der Waals surface area contributed by atoms with Crippen molar-refractivity contribution in [2.75, 3.05) is 59.1 Å². The van der Waals surface area contributed by atoms with Crippen LogP contribution in [-0.2, 0) is 23.9 Å². The number of carbonyl (C=O) groups excluding carboxylic acids is 2. The lowest BCUT2D eigenvalue weighted by Gasteiger charge is -2.26. The number of aliphatic carboxylic acids is 1. The summed E-state index contributed by atoms with van der Waals surface area (Å²) in [5, 5.41) is 18.5. The quantitative estimate of drug-likeness (QED) is 0.0267. The number of allylic oxidation sites excluding steroid dienone is 1. The Hall–Kier alpha value is -1.93. The number of ether oxygens (including phenoxy) is 2. The number of esters is 1. The summed E-state index contributed by atoms with van der Waals surface area (Å²) in [5.74, 6) is 1.77. The van der Waals surface area contributed by atoms with Gasteiger partial charge in [-0.1, -0.05) is 168 Å². The first-order valence-corrected chi connectivity index (χ1v) is 26.3. The van der Waals surface area contributed by atoms with Crippen LogP contribution in [0.4, 0.5) is 0 Å². The molecule has 0 aromatic rings. The molecule has 0 amide bonds. The second-order valence-corrected chi connectivity index (χ2v) is 18.0. The fourth-order valence-electron chi connectivity index (χ4n) is 8.17. The van der Waals surface area contributed by atoms with Crippen molar-refractivity contribution < 1.29 is 34.1 Å². The number of aliphatic hydroxyl groups is 1. The van der Waals surface area contributed by atoms with E-state index in [0.29, 0.717) is 31.8 Å². The van der Waals surface area contributed by atoms with Crippen LogP contribution >= 0.6 is 0 Å². The molecular weight excluding hydrogens is 765 g/mol. The highest BCUT2D eigenvalue weighted by atomic mass is 16.5. The van der Waals surface area contributed by atoms with Crippen LogP contribution in [0.15, 0.2) is 5.76 Å². The van der Waals surface area contributed by atoms with Crippen molar-refractivity contribution in [1.82, 2.24) is 9.80 Å². The van der Waals surface area contributed by atoms with Gasteiger partial charge in [0.2, 0.25) is 0 Å². The largest absolute Gasteiger partial charge is 0.487 e. The summed E-state index contributed by atoms with van der Waals surface area (Å²) in [7, 11) is 0. The van der Waals surface area contributed by atoms with Crippen LogP contribution in [0.1, 0.15) is 251 Å². The van der Waals surface area contributed by atoms with Crippen molar-refractivity contribution in [3.8, 4) is 0 Å². The van der Waals surface area contributed by atoms with E-state index in [4.69, 9.17) is 14.6 Å². The van der Waals surface area contributed by atoms with Crippen LogP contribution in [0.2, 0.25) is 0 Å². The molecule has 0 spiro atoms. The smallest absolute Gasteiger partial charge is 0.305 e. The van der Waals surface area contributed by atoms with E-state index in [2.05, 4.69) is 23.6 Å². The molecule has 0 radical (unpaired) electrons. The van der Waals surface area contributed by atoms with Crippen molar-refractivity contribution in [3.05, 3.63) is 5.76 Å². The van der Waals surface area contributed by atoms with Crippen molar-refractivity contribution in [2.24, 2.45) is 0 Å². The van der Waals surface area contributed by atoms with Gasteiger partial charge >= 0.3 is 11.9 Å². The molecule has 0 saturated heterocycles. The third kappa shape index (κ3) is 45.9. The molecule has 9 nitrogen and oxygen atoms in total. The van der Waals surface area contributed by atoms with Gasteiger partial charge in [-0.25, -0.2) is 4.79 Å². The van der Waals surface area contributed by atoms with Gasteiger partial charge in [0.05, 0.1) is 13.2 Å². The number of unbranched alkanes of at least 4 members (excludes halogenated alkanes) is 27. The zero-order valence-electron chi connectivity index (χ0n) is 40.4. The van der Waals surface area contributed by atoms with Gasteiger partial charge in [0.25, 0.3) is 0 Å². The van der Waals surface area contributed by atoms with Gasteiger partial charge in [-0.05, 0) is 96.9 Å². The molecule has 0 saturated carbocycles. The molecule has 0 fully saturated rings. The number of carboxylic acid groups (broad SMARTS) is 1. The highest BCUT2D eigenvalue weighted by Crippen LogP contribution is 2.15. The van der Waals surface area contributed by atoms with E-state index in [9.17, 15) is 19.5 Å². The van der Waals surface area contributed by atoms with Crippen LogP contribution in [0.5, 0.6) is 0 Å². The molecule has 0 aromatic carbocycles. The number of aliphatic hydroxyl groups excluding tert-OH is 1. The van der Waals surface area contributed by atoms with E-state index in [1.165, 1.54) is 109 Å². The Morgan fingerprint density at radius 3 is 1.18 bits per heavy atom. The molecule has 0 atom stereocenters. The Labute approximate surface area is 376 Å². The molecule has 0 aliphatic rings. The van der Waals surface area contributed by atoms with Gasteiger partial charge in [0.15, 0.2) is 11.7 Å². The third-order valence-electron chi connectivity index (χ3n) is 12.1. The predicted molar refractivity (Wildman–Crippen MR) is 256 cm³/mol. The third-order valence-corrected chi connectivity index (χ3v) is 12.1. The van der Waals surface area contributed by atoms with Crippen molar-refractivity contribution in [2.45, 2.75) is 251 Å². The summed E-state index contributed by atoms with van der Waals surface area (Å²) in [6, 6.07) is 0. The lowest BCUT2D eigenvalue weighted by atomic mass is 10.1. The first kappa shape index (κ1) is 59.1. The van der Waals surface area contributed by atoms with Crippen LogP contribution in [0.3, 0.4) is 0 Å². The minimum Gasteiger partial charge on any atom is -0.487 e. The average Bonchev–Trinajstić information content (AvgIpc) is 3.25. The predicted octanol–water partition coefficient (Wildman–Crippen LogP) is 13.4. The zero-order chi connectivity index (χ0) is 44.5. The molecule has 0 heterocycles. The van der Waals surface area contributed by atoms with Gasteiger partial charge < -0.3 is 29.5 Å². The Morgan fingerprint density at radius 1 is 0.410 bits per heavy atom. The Balaban J connectivity index is 4.34. The normalized spacial score (nSPS) is 11.4. The van der Waals surface area contributed by atoms with Crippen molar-refractivity contribution in [1.29, 1.82) is 0 Å². The summed E-state index contributed by atoms with van der Waals surface area (Å²) in [6.45, 7) is 12.0. The van der Waals surface area contributed by atoms with Gasteiger partial charge in [-0.15, -0.1) is 0 Å². The van der Waals surface area contributed by atoms with Crippen molar-refractivity contribution in [3.63, 3.8) is 0 Å². The molecule has 0 aliphatic heterocycles. The van der Waals surface area contributed by atoms with E-state index >= 15 is 0 Å². The van der Waals surface area contributed by atoms with Gasteiger partial charge in [-0.3, -0.25) is 9.59 Å². The number of carbonyl (C=O) groups is 2. The maximum atomic E-state index is 12.3. The van der Waals surface area contributed by atoms with Gasteiger partial charge in [0, 0.05) is 32.4 Å². The fraction of sp³-hybridized carbons (Fsp3) is 0.923. The molecule has 61 heavy (non-hydrogen) atoms. The topological polar surface area (TPSA) is 117 Å². The lowest BCUT2D eigenvalue weighted by Crippen LogP contribution is -2.33. The highest BCUT2D eigenvalue weighted by molar-refractivity contribution is 5.69. The summed E-state index contributed by atoms with van der Waals surface area (Å²) in [5.41, 5.74) is 0.